The summed E-state index contributed by atoms with van der Waals surface area (Å²) >= 11 is 0. The van der Waals surface area contributed by atoms with Crippen LogP contribution in [0.1, 0.15) is 0 Å². The van der Waals surface area contributed by atoms with E-state index < -0.39 is 0 Å². The van der Waals surface area contributed by atoms with Crippen LogP contribution in [0.4, 0.5) is 0 Å². The van der Waals surface area contributed by atoms with Crippen molar-refractivity contribution in [1.29, 1.82) is 0 Å². The molecule has 0 saturated carbocycles. The van der Waals surface area contributed by atoms with Gasteiger partial charge in [0.25, 0.3) is 0 Å². The zero-order valence-electron chi connectivity index (χ0n) is 21.2. The summed E-state index contributed by atoms with van der Waals surface area (Å²) in [6, 6.07) is 51.3. The Labute approximate surface area is 226 Å². The predicted octanol–water partition coefficient (Wildman–Crippen LogP) is 10.4. The normalized spacial score (nSPS) is 12.1. The molecular formula is C38H23N. The lowest BCUT2D eigenvalue weighted by Gasteiger charge is -2.13. The number of benzene rings is 7. The largest absolute Gasteiger partial charge is 0.309 e. The summed E-state index contributed by atoms with van der Waals surface area (Å²) in [7, 11) is 0. The van der Waals surface area contributed by atoms with Crippen LogP contribution in [0.5, 0.6) is 0 Å². The van der Waals surface area contributed by atoms with E-state index in [0.717, 1.165) is 0 Å². The molecule has 1 aliphatic carbocycles. The molecule has 8 aromatic rings. The van der Waals surface area contributed by atoms with Crippen LogP contribution in [0.3, 0.4) is 0 Å². The lowest BCUT2D eigenvalue weighted by Crippen LogP contribution is -1.95. The Morgan fingerprint density at radius 3 is 2.03 bits per heavy atom. The SMILES string of the molecule is c1cc(-c2cc3c4c(cccc4c2)-c2ccccc2-3)cc(-n2c3ccccc3c3ccc4ccccc4c32)c1. The number of rotatable bonds is 2. The van der Waals surface area contributed by atoms with Gasteiger partial charge in [0.2, 0.25) is 0 Å². The monoisotopic (exact) mass is 493 g/mol. The van der Waals surface area contributed by atoms with Crippen LogP contribution in [-0.4, -0.2) is 4.57 Å². The third kappa shape index (κ3) is 2.85. The maximum atomic E-state index is 2.45. The van der Waals surface area contributed by atoms with Gasteiger partial charge in [0.15, 0.2) is 0 Å². The fourth-order valence-electron chi connectivity index (χ4n) is 6.81. The van der Waals surface area contributed by atoms with Crippen LogP contribution >= 0.6 is 0 Å². The second kappa shape index (κ2) is 7.69. The molecule has 0 radical (unpaired) electrons. The average Bonchev–Trinajstić information content (AvgIpc) is 3.52. The molecule has 7 aromatic carbocycles. The Bertz CT molecular complexity index is 2280. The van der Waals surface area contributed by atoms with E-state index in [0.29, 0.717) is 0 Å². The molecule has 0 N–H and O–H groups in total. The summed E-state index contributed by atoms with van der Waals surface area (Å²) in [6.45, 7) is 0. The van der Waals surface area contributed by atoms with E-state index in [1.165, 1.54) is 82.4 Å². The van der Waals surface area contributed by atoms with Crippen molar-refractivity contribution < 1.29 is 0 Å². The van der Waals surface area contributed by atoms with E-state index in [2.05, 4.69) is 144 Å². The molecule has 0 unspecified atom stereocenters. The first kappa shape index (κ1) is 20.9. The van der Waals surface area contributed by atoms with Crippen molar-refractivity contribution in [3.63, 3.8) is 0 Å². The third-order valence-corrected chi connectivity index (χ3v) is 8.48. The van der Waals surface area contributed by atoms with Gasteiger partial charge in [-0.2, -0.15) is 0 Å². The highest BCUT2D eigenvalue weighted by atomic mass is 15.0. The molecule has 0 spiro atoms. The van der Waals surface area contributed by atoms with Gasteiger partial charge in [-0.3, -0.25) is 0 Å². The maximum Gasteiger partial charge on any atom is 0.0619 e. The molecule has 0 atom stereocenters. The van der Waals surface area contributed by atoms with Crippen LogP contribution in [-0.2, 0) is 0 Å². The number of nitrogens with zero attached hydrogens (tertiary/aromatic N) is 1. The fourth-order valence-corrected chi connectivity index (χ4v) is 6.81. The van der Waals surface area contributed by atoms with Crippen LogP contribution in [0.25, 0.3) is 82.4 Å². The second-order valence-corrected chi connectivity index (χ2v) is 10.6. The van der Waals surface area contributed by atoms with Crippen LogP contribution in [0.15, 0.2) is 140 Å². The molecule has 0 fully saturated rings. The van der Waals surface area contributed by atoms with E-state index in [4.69, 9.17) is 0 Å². The Hall–Kier alpha value is -5.14. The molecule has 0 amide bonds. The first-order valence-electron chi connectivity index (χ1n) is 13.5. The molecule has 0 bridgehead atoms. The highest BCUT2D eigenvalue weighted by Crippen LogP contribution is 2.48. The minimum atomic E-state index is 1.18. The average molecular weight is 494 g/mol. The molecule has 1 heteroatoms. The maximum absolute atomic E-state index is 2.45. The van der Waals surface area contributed by atoms with Crippen molar-refractivity contribution in [2.75, 3.05) is 0 Å². The molecule has 1 aliphatic rings. The third-order valence-electron chi connectivity index (χ3n) is 8.48. The van der Waals surface area contributed by atoms with E-state index >= 15 is 0 Å². The first-order valence-corrected chi connectivity index (χ1v) is 13.5. The summed E-state index contributed by atoms with van der Waals surface area (Å²) in [6.07, 6.45) is 0. The molecule has 180 valence electrons. The zero-order valence-corrected chi connectivity index (χ0v) is 21.2. The van der Waals surface area contributed by atoms with Gasteiger partial charge in [0, 0.05) is 21.8 Å². The van der Waals surface area contributed by atoms with E-state index in [-0.39, 0.29) is 0 Å². The van der Waals surface area contributed by atoms with E-state index in [1.807, 2.05) is 0 Å². The van der Waals surface area contributed by atoms with E-state index in [9.17, 15) is 0 Å². The van der Waals surface area contributed by atoms with Crippen LogP contribution in [0.2, 0.25) is 0 Å². The van der Waals surface area contributed by atoms with Gasteiger partial charge in [0.05, 0.1) is 11.0 Å². The van der Waals surface area contributed by atoms with Gasteiger partial charge >= 0.3 is 0 Å². The Morgan fingerprint density at radius 2 is 1.10 bits per heavy atom. The minimum Gasteiger partial charge on any atom is -0.309 e. The van der Waals surface area contributed by atoms with Crippen LogP contribution < -0.4 is 0 Å². The molecular weight excluding hydrogens is 470 g/mol. The standard InChI is InChI=1S/C38H23N/c1-2-13-29-24(9-1)19-20-34-32-16-5-6-18-36(32)39(38(29)34)28-12-7-10-25(22-28)27-21-26-11-8-17-33-30-14-3-4-15-31(30)35(23-27)37(26)33/h1-23H. The van der Waals surface area contributed by atoms with Gasteiger partial charge in [-0.05, 0) is 79.9 Å². The van der Waals surface area contributed by atoms with Crippen molar-refractivity contribution in [1.82, 2.24) is 4.57 Å². The lowest BCUT2D eigenvalue weighted by molar-refractivity contribution is 1.19. The molecule has 0 aliphatic heterocycles. The summed E-state index contributed by atoms with van der Waals surface area (Å²) in [4.78, 5) is 0. The first-order chi connectivity index (χ1) is 19.3. The number of hydrogen-bond acceptors (Lipinski definition) is 0. The van der Waals surface area contributed by atoms with E-state index in [1.54, 1.807) is 0 Å². The second-order valence-electron chi connectivity index (χ2n) is 10.6. The molecule has 1 heterocycles. The van der Waals surface area contributed by atoms with Gasteiger partial charge in [-0.15, -0.1) is 0 Å². The molecule has 9 rings (SSSR count). The number of fused-ring (bicyclic) bond motifs is 8. The lowest BCUT2D eigenvalue weighted by atomic mass is 9.96. The highest BCUT2D eigenvalue weighted by molar-refractivity contribution is 6.19. The van der Waals surface area contributed by atoms with Crippen molar-refractivity contribution in [2.24, 2.45) is 0 Å². The van der Waals surface area contributed by atoms with Crippen molar-refractivity contribution in [3.05, 3.63) is 140 Å². The summed E-state index contributed by atoms with van der Waals surface area (Å²) in [5, 5.41) is 7.78. The van der Waals surface area contributed by atoms with Gasteiger partial charge in [-0.1, -0.05) is 109 Å². The van der Waals surface area contributed by atoms with Crippen molar-refractivity contribution in [3.8, 4) is 39.1 Å². The summed E-state index contributed by atoms with van der Waals surface area (Å²) in [5.41, 5.74) is 11.5. The summed E-state index contributed by atoms with van der Waals surface area (Å²) < 4.78 is 2.45. The van der Waals surface area contributed by atoms with Crippen molar-refractivity contribution >= 4 is 43.4 Å². The Morgan fingerprint density at radius 1 is 0.385 bits per heavy atom. The van der Waals surface area contributed by atoms with Gasteiger partial charge in [-0.25, -0.2) is 0 Å². The molecule has 0 saturated heterocycles. The van der Waals surface area contributed by atoms with Crippen molar-refractivity contribution in [2.45, 2.75) is 0 Å². The minimum absolute atomic E-state index is 1.18. The summed E-state index contributed by atoms with van der Waals surface area (Å²) in [5.74, 6) is 0. The topological polar surface area (TPSA) is 4.93 Å². The highest BCUT2D eigenvalue weighted by Gasteiger charge is 2.22. The number of para-hydroxylation sites is 1. The predicted molar refractivity (Wildman–Crippen MR) is 166 cm³/mol. The smallest absolute Gasteiger partial charge is 0.0619 e. The van der Waals surface area contributed by atoms with Crippen LogP contribution in [0, 0.1) is 0 Å². The molecule has 39 heavy (non-hydrogen) atoms. The molecule has 1 aromatic heterocycles. The zero-order chi connectivity index (χ0) is 25.5. The van der Waals surface area contributed by atoms with Gasteiger partial charge < -0.3 is 4.57 Å². The number of aromatic nitrogens is 1. The number of hydrogen-bond donors (Lipinski definition) is 0. The molecule has 1 nitrogen and oxygen atoms in total. The Balaban J connectivity index is 1.32. The quantitative estimate of drug-likeness (QED) is 0.226. The van der Waals surface area contributed by atoms with Gasteiger partial charge in [0.1, 0.15) is 0 Å². The fraction of sp³-hybridized carbons (Fsp3) is 0. The Kier molecular flexibility index (Phi) is 4.11.